The fraction of sp³-hybridized carbons (Fsp3) is 0.462. The molecule has 0 heterocycles. The van der Waals surface area contributed by atoms with Crippen molar-refractivity contribution < 1.29 is 14.6 Å². The first-order valence-electron chi connectivity index (χ1n) is 5.79. The summed E-state index contributed by atoms with van der Waals surface area (Å²) in [4.78, 5) is 10.7. The maximum absolute atomic E-state index is 10.7. The molecule has 3 nitrogen and oxygen atoms in total. The molecule has 2 unspecified atom stereocenters. The summed E-state index contributed by atoms with van der Waals surface area (Å²) in [7, 11) is 0. The molecule has 2 rings (SSSR count). The molecule has 0 saturated heterocycles. The molecular formula is C13H15BrO3. The second kappa shape index (κ2) is 5.54. The largest absolute Gasteiger partial charge is 0.490 e. The number of carboxylic acids is 1. The first-order chi connectivity index (χ1) is 8.15. The summed E-state index contributed by atoms with van der Waals surface area (Å²) in [6.07, 6.45) is 3.22. The number of halogens is 1. The van der Waals surface area contributed by atoms with Crippen LogP contribution in [0.25, 0.3) is 0 Å². The Bertz CT molecular complexity index is 388. The normalized spacial score (nSPS) is 23.6. The van der Waals surface area contributed by atoms with Gasteiger partial charge in [0, 0.05) is 10.4 Å². The van der Waals surface area contributed by atoms with Crippen molar-refractivity contribution >= 4 is 21.9 Å². The Hall–Kier alpha value is -1.03. The predicted octanol–water partition coefficient (Wildman–Crippen LogP) is 3.47. The van der Waals surface area contributed by atoms with Gasteiger partial charge in [-0.15, -0.1) is 0 Å². The van der Waals surface area contributed by atoms with Crippen molar-refractivity contribution in [3.05, 3.63) is 28.7 Å². The molecule has 0 bridgehead atoms. The number of ether oxygens (including phenoxy) is 1. The Balaban J connectivity index is 1.97. The van der Waals surface area contributed by atoms with Gasteiger partial charge < -0.3 is 9.84 Å². The smallest absolute Gasteiger partial charge is 0.303 e. The lowest BCUT2D eigenvalue weighted by Gasteiger charge is -2.19. The fourth-order valence-electron chi connectivity index (χ4n) is 2.30. The molecule has 92 valence electrons. The molecule has 2 atom stereocenters. The van der Waals surface area contributed by atoms with E-state index in [1.165, 1.54) is 0 Å². The quantitative estimate of drug-likeness (QED) is 0.926. The van der Waals surface area contributed by atoms with Gasteiger partial charge >= 0.3 is 5.97 Å². The molecule has 0 aliphatic heterocycles. The van der Waals surface area contributed by atoms with E-state index in [4.69, 9.17) is 9.84 Å². The molecule has 0 spiro atoms. The van der Waals surface area contributed by atoms with E-state index in [-0.39, 0.29) is 18.4 Å². The lowest BCUT2D eigenvalue weighted by molar-refractivity contribution is -0.138. The van der Waals surface area contributed by atoms with Gasteiger partial charge in [0.1, 0.15) is 11.9 Å². The van der Waals surface area contributed by atoms with Crippen molar-refractivity contribution in [3.63, 3.8) is 0 Å². The molecular weight excluding hydrogens is 284 g/mol. The van der Waals surface area contributed by atoms with Crippen LogP contribution < -0.4 is 4.74 Å². The Morgan fingerprint density at radius 3 is 2.71 bits per heavy atom. The molecule has 1 aliphatic carbocycles. The number of carbonyl (C=O) groups is 1. The summed E-state index contributed by atoms with van der Waals surface area (Å²) in [5, 5.41) is 8.83. The summed E-state index contributed by atoms with van der Waals surface area (Å²) in [6.45, 7) is 0. The van der Waals surface area contributed by atoms with Gasteiger partial charge in [0.25, 0.3) is 0 Å². The molecule has 0 amide bonds. The van der Waals surface area contributed by atoms with E-state index < -0.39 is 5.97 Å². The third-order valence-electron chi connectivity index (χ3n) is 3.13. The SMILES string of the molecule is O=C(O)CC1CCCC1Oc1ccc(Br)cc1. The van der Waals surface area contributed by atoms with Crippen LogP contribution in [0.2, 0.25) is 0 Å². The second-order valence-electron chi connectivity index (χ2n) is 4.40. The van der Waals surface area contributed by atoms with Gasteiger partial charge in [0.15, 0.2) is 0 Å². The lowest BCUT2D eigenvalue weighted by Crippen LogP contribution is -2.23. The van der Waals surface area contributed by atoms with Crippen molar-refractivity contribution in [2.75, 3.05) is 0 Å². The molecule has 1 fully saturated rings. The Kier molecular flexibility index (Phi) is 4.05. The van der Waals surface area contributed by atoms with Crippen LogP contribution in [-0.4, -0.2) is 17.2 Å². The van der Waals surface area contributed by atoms with Gasteiger partial charge in [-0.25, -0.2) is 0 Å². The van der Waals surface area contributed by atoms with E-state index in [1.54, 1.807) is 0 Å². The van der Waals surface area contributed by atoms with E-state index in [1.807, 2.05) is 24.3 Å². The van der Waals surface area contributed by atoms with Crippen molar-refractivity contribution in [3.8, 4) is 5.75 Å². The van der Waals surface area contributed by atoms with Crippen molar-refractivity contribution in [2.24, 2.45) is 5.92 Å². The van der Waals surface area contributed by atoms with Crippen LogP contribution in [-0.2, 0) is 4.79 Å². The first-order valence-corrected chi connectivity index (χ1v) is 6.58. The molecule has 1 aromatic carbocycles. The highest BCUT2D eigenvalue weighted by Crippen LogP contribution is 2.32. The zero-order valence-electron chi connectivity index (χ0n) is 9.43. The summed E-state index contributed by atoms with van der Waals surface area (Å²) in [5.74, 6) is 0.230. The van der Waals surface area contributed by atoms with Gasteiger partial charge in [-0.2, -0.15) is 0 Å². The maximum atomic E-state index is 10.7. The molecule has 1 N–H and O–H groups in total. The molecule has 17 heavy (non-hydrogen) atoms. The minimum absolute atomic E-state index is 0.0484. The van der Waals surface area contributed by atoms with Crippen molar-refractivity contribution in [2.45, 2.75) is 31.8 Å². The van der Waals surface area contributed by atoms with Crippen molar-refractivity contribution in [1.82, 2.24) is 0 Å². The monoisotopic (exact) mass is 298 g/mol. The summed E-state index contributed by atoms with van der Waals surface area (Å²) in [5.41, 5.74) is 0. The zero-order chi connectivity index (χ0) is 12.3. The predicted molar refractivity (Wildman–Crippen MR) is 68.2 cm³/mol. The molecule has 0 aromatic heterocycles. The van der Waals surface area contributed by atoms with Gasteiger partial charge in [0.05, 0.1) is 6.42 Å². The summed E-state index contributed by atoms with van der Waals surface area (Å²) >= 11 is 3.37. The lowest BCUT2D eigenvalue weighted by atomic mass is 10.0. The topological polar surface area (TPSA) is 46.5 Å². The van der Waals surface area contributed by atoms with Gasteiger partial charge in [0.2, 0.25) is 0 Å². The van der Waals surface area contributed by atoms with Crippen LogP contribution in [0, 0.1) is 5.92 Å². The van der Waals surface area contributed by atoms with E-state index in [0.717, 1.165) is 29.5 Å². The van der Waals surface area contributed by atoms with Crippen LogP contribution in [0.1, 0.15) is 25.7 Å². The fourth-order valence-corrected chi connectivity index (χ4v) is 2.57. The summed E-state index contributed by atoms with van der Waals surface area (Å²) in [6, 6.07) is 7.66. The van der Waals surface area contributed by atoms with E-state index in [0.29, 0.717) is 0 Å². The Morgan fingerprint density at radius 2 is 2.06 bits per heavy atom. The third-order valence-corrected chi connectivity index (χ3v) is 3.66. The average Bonchev–Trinajstić information content (AvgIpc) is 2.68. The molecule has 4 heteroatoms. The van der Waals surface area contributed by atoms with Gasteiger partial charge in [-0.05, 0) is 43.5 Å². The number of aliphatic carboxylic acids is 1. The van der Waals surface area contributed by atoms with Crippen LogP contribution in [0.4, 0.5) is 0 Å². The average molecular weight is 299 g/mol. The minimum atomic E-state index is -0.735. The van der Waals surface area contributed by atoms with E-state index >= 15 is 0 Å². The van der Waals surface area contributed by atoms with Crippen LogP contribution in [0.15, 0.2) is 28.7 Å². The summed E-state index contributed by atoms with van der Waals surface area (Å²) < 4.78 is 6.87. The molecule has 1 aromatic rings. The highest BCUT2D eigenvalue weighted by Gasteiger charge is 2.30. The Labute approximate surface area is 109 Å². The number of carboxylic acid groups (broad SMARTS) is 1. The third kappa shape index (κ3) is 3.46. The molecule has 1 saturated carbocycles. The second-order valence-corrected chi connectivity index (χ2v) is 5.31. The number of hydrogen-bond acceptors (Lipinski definition) is 2. The van der Waals surface area contributed by atoms with Crippen LogP contribution >= 0.6 is 15.9 Å². The number of rotatable bonds is 4. The highest BCUT2D eigenvalue weighted by molar-refractivity contribution is 9.10. The Morgan fingerprint density at radius 1 is 1.35 bits per heavy atom. The maximum Gasteiger partial charge on any atom is 0.303 e. The molecule has 1 aliphatic rings. The molecule has 0 radical (unpaired) electrons. The van der Waals surface area contributed by atoms with Crippen LogP contribution in [0.3, 0.4) is 0 Å². The van der Waals surface area contributed by atoms with Gasteiger partial charge in [-0.1, -0.05) is 15.9 Å². The van der Waals surface area contributed by atoms with Gasteiger partial charge in [-0.3, -0.25) is 4.79 Å². The van der Waals surface area contributed by atoms with E-state index in [9.17, 15) is 4.79 Å². The number of benzene rings is 1. The highest BCUT2D eigenvalue weighted by atomic mass is 79.9. The van der Waals surface area contributed by atoms with Crippen LogP contribution in [0.5, 0.6) is 5.75 Å². The first kappa shape index (κ1) is 12.4. The zero-order valence-corrected chi connectivity index (χ0v) is 11.0. The van der Waals surface area contributed by atoms with Crippen molar-refractivity contribution in [1.29, 1.82) is 0 Å². The number of hydrogen-bond donors (Lipinski definition) is 1. The minimum Gasteiger partial charge on any atom is -0.490 e. The van der Waals surface area contributed by atoms with E-state index in [2.05, 4.69) is 15.9 Å². The standard InChI is InChI=1S/C13H15BrO3/c14-10-4-6-11(7-5-10)17-12-3-1-2-9(12)8-13(15)16/h4-7,9,12H,1-3,8H2,(H,15,16).